The van der Waals surface area contributed by atoms with Crippen LogP contribution in [0.5, 0.6) is 0 Å². The molecule has 6 rings (SSSR count). The summed E-state index contributed by atoms with van der Waals surface area (Å²) in [6.07, 6.45) is 8.67. The van der Waals surface area contributed by atoms with E-state index in [2.05, 4.69) is 26.8 Å². The molecule has 3 nitrogen and oxygen atoms in total. The molecule has 0 aromatic carbocycles. The SMILES string of the molecule is C[C@@H]1C[C@@]23C[C@H]1CC[C@@H]2[C@]12CC=C(C(=O)OC1)C(C)(C)[C@@H]2C[C@@H]3O. The summed E-state index contributed by atoms with van der Waals surface area (Å²) in [6, 6.07) is 0. The van der Waals surface area contributed by atoms with Crippen LogP contribution in [0.2, 0.25) is 0 Å². The van der Waals surface area contributed by atoms with Crippen LogP contribution in [0.15, 0.2) is 11.6 Å². The van der Waals surface area contributed by atoms with Crippen LogP contribution < -0.4 is 0 Å². The Morgan fingerprint density at radius 3 is 2.75 bits per heavy atom. The van der Waals surface area contributed by atoms with Crippen LogP contribution in [-0.4, -0.2) is 23.8 Å². The first-order valence-electron chi connectivity index (χ1n) is 9.87. The molecule has 4 fully saturated rings. The van der Waals surface area contributed by atoms with Crippen LogP contribution in [0.3, 0.4) is 0 Å². The molecule has 4 aliphatic carbocycles. The summed E-state index contributed by atoms with van der Waals surface area (Å²) in [4.78, 5) is 12.5. The highest BCUT2D eigenvalue weighted by Crippen LogP contribution is 2.72. The zero-order valence-corrected chi connectivity index (χ0v) is 15.2. The van der Waals surface area contributed by atoms with Gasteiger partial charge in [0.2, 0.25) is 0 Å². The Morgan fingerprint density at radius 1 is 1.17 bits per heavy atom. The molecule has 2 spiro atoms. The van der Waals surface area contributed by atoms with E-state index >= 15 is 0 Å². The van der Waals surface area contributed by atoms with E-state index < -0.39 is 0 Å². The topological polar surface area (TPSA) is 46.5 Å². The predicted octanol–water partition coefficient (Wildman–Crippen LogP) is 3.71. The zero-order chi connectivity index (χ0) is 16.9. The molecule has 0 radical (unpaired) electrons. The molecule has 3 heteroatoms. The molecule has 6 aliphatic rings. The predicted molar refractivity (Wildman–Crippen MR) is 91.0 cm³/mol. The minimum absolute atomic E-state index is 0.0490. The minimum Gasteiger partial charge on any atom is -0.462 e. The van der Waals surface area contributed by atoms with Crippen molar-refractivity contribution in [3.05, 3.63) is 11.6 Å². The number of rotatable bonds is 0. The number of ether oxygens (including phenoxy) is 1. The van der Waals surface area contributed by atoms with E-state index in [1.54, 1.807) is 0 Å². The molecule has 1 saturated heterocycles. The third-order valence-corrected chi connectivity index (χ3v) is 9.12. The summed E-state index contributed by atoms with van der Waals surface area (Å²) in [5, 5.41) is 11.3. The standard InChI is InChI=1S/C21H30O3/c1-12-9-21-10-13(12)4-5-15(21)20-7-6-14(18(23)24-11-20)19(2,3)16(20)8-17(21)22/h6,12-13,15-17,22H,4-5,7-11H2,1-3H3/t12-,13-,15-,16+,17+,20+,21-/m1/s1. The summed E-state index contributed by atoms with van der Waals surface area (Å²) in [5.74, 6) is 2.27. The lowest BCUT2D eigenvalue weighted by molar-refractivity contribution is -0.195. The Bertz CT molecular complexity index is 631. The molecule has 7 atom stereocenters. The monoisotopic (exact) mass is 330 g/mol. The van der Waals surface area contributed by atoms with Crippen molar-refractivity contribution >= 4 is 5.97 Å². The van der Waals surface area contributed by atoms with Crippen LogP contribution in [-0.2, 0) is 9.53 Å². The number of hydrogen-bond donors (Lipinski definition) is 1. The molecule has 132 valence electrons. The lowest BCUT2D eigenvalue weighted by atomic mass is 9.40. The molecule has 0 aromatic rings. The Balaban J connectivity index is 1.67. The highest BCUT2D eigenvalue weighted by molar-refractivity contribution is 5.91. The molecule has 1 N–H and O–H groups in total. The van der Waals surface area contributed by atoms with Gasteiger partial charge in [-0.15, -0.1) is 0 Å². The largest absolute Gasteiger partial charge is 0.462 e. The van der Waals surface area contributed by atoms with Crippen molar-refractivity contribution in [2.75, 3.05) is 6.61 Å². The second-order valence-electron chi connectivity index (χ2n) is 10.2. The van der Waals surface area contributed by atoms with Gasteiger partial charge in [-0.1, -0.05) is 26.8 Å². The quantitative estimate of drug-likeness (QED) is 0.689. The average molecular weight is 330 g/mol. The van der Waals surface area contributed by atoms with Crippen molar-refractivity contribution in [1.29, 1.82) is 0 Å². The molecule has 0 unspecified atom stereocenters. The number of esters is 1. The maximum absolute atomic E-state index is 12.5. The van der Waals surface area contributed by atoms with E-state index in [9.17, 15) is 9.90 Å². The van der Waals surface area contributed by atoms with Gasteiger partial charge in [-0.25, -0.2) is 4.79 Å². The van der Waals surface area contributed by atoms with Gasteiger partial charge < -0.3 is 9.84 Å². The van der Waals surface area contributed by atoms with Gasteiger partial charge in [-0.3, -0.25) is 0 Å². The van der Waals surface area contributed by atoms with Gasteiger partial charge in [0.1, 0.15) is 0 Å². The maximum atomic E-state index is 12.5. The van der Waals surface area contributed by atoms with E-state index in [0.717, 1.165) is 30.3 Å². The van der Waals surface area contributed by atoms with Gasteiger partial charge >= 0.3 is 5.97 Å². The summed E-state index contributed by atoms with van der Waals surface area (Å²) in [6.45, 7) is 7.36. The molecule has 2 heterocycles. The first-order chi connectivity index (χ1) is 11.3. The Kier molecular flexibility index (Phi) is 2.87. The van der Waals surface area contributed by atoms with Crippen LogP contribution in [0.4, 0.5) is 0 Å². The third-order valence-electron chi connectivity index (χ3n) is 9.12. The first kappa shape index (κ1) is 15.4. The number of fused-ring (bicyclic) bond motifs is 4. The van der Waals surface area contributed by atoms with Gasteiger partial charge in [0.05, 0.1) is 12.7 Å². The van der Waals surface area contributed by atoms with E-state index in [0.29, 0.717) is 18.4 Å². The highest BCUT2D eigenvalue weighted by Gasteiger charge is 2.70. The average Bonchev–Trinajstić information content (AvgIpc) is 2.64. The summed E-state index contributed by atoms with van der Waals surface area (Å²) in [7, 11) is 0. The third kappa shape index (κ3) is 1.57. The second-order valence-corrected chi connectivity index (χ2v) is 10.2. The smallest absolute Gasteiger partial charge is 0.334 e. The maximum Gasteiger partial charge on any atom is 0.334 e. The van der Waals surface area contributed by atoms with E-state index in [-0.39, 0.29) is 28.3 Å². The number of carbonyl (C=O) groups excluding carboxylic acids is 1. The van der Waals surface area contributed by atoms with Crippen molar-refractivity contribution in [3.8, 4) is 0 Å². The fourth-order valence-electron chi connectivity index (χ4n) is 8.10. The number of allylic oxidation sites excluding steroid dienone is 1. The second kappa shape index (κ2) is 4.47. The molecule has 4 bridgehead atoms. The minimum atomic E-state index is -0.208. The molecule has 0 amide bonds. The van der Waals surface area contributed by atoms with Gasteiger partial charge in [0, 0.05) is 21.8 Å². The lowest BCUT2D eigenvalue weighted by Crippen LogP contribution is -2.62. The van der Waals surface area contributed by atoms with Gasteiger partial charge in [0.25, 0.3) is 0 Å². The Labute approximate surface area is 144 Å². The molecule has 0 aromatic heterocycles. The van der Waals surface area contributed by atoms with Crippen molar-refractivity contribution < 1.29 is 14.6 Å². The Morgan fingerprint density at radius 2 is 1.96 bits per heavy atom. The van der Waals surface area contributed by atoms with Gasteiger partial charge in [0.15, 0.2) is 0 Å². The number of aliphatic hydroxyl groups is 1. The normalized spacial score (nSPS) is 54.4. The summed E-state index contributed by atoms with van der Waals surface area (Å²) >= 11 is 0. The van der Waals surface area contributed by atoms with Crippen molar-refractivity contribution in [3.63, 3.8) is 0 Å². The van der Waals surface area contributed by atoms with E-state index in [1.165, 1.54) is 25.7 Å². The summed E-state index contributed by atoms with van der Waals surface area (Å²) in [5.41, 5.74) is 0.803. The number of hydrogen-bond acceptors (Lipinski definition) is 3. The molecule has 2 aliphatic heterocycles. The van der Waals surface area contributed by atoms with Crippen molar-refractivity contribution in [2.24, 2.45) is 39.9 Å². The summed E-state index contributed by atoms with van der Waals surface area (Å²) < 4.78 is 5.81. The van der Waals surface area contributed by atoms with E-state index in [1.807, 2.05) is 0 Å². The highest BCUT2D eigenvalue weighted by atomic mass is 16.5. The van der Waals surface area contributed by atoms with Crippen molar-refractivity contribution in [2.45, 2.75) is 65.4 Å². The first-order valence-corrected chi connectivity index (χ1v) is 9.87. The fourth-order valence-corrected chi connectivity index (χ4v) is 8.10. The van der Waals surface area contributed by atoms with E-state index in [4.69, 9.17) is 4.74 Å². The molecular formula is C21H30O3. The van der Waals surface area contributed by atoms with Crippen LogP contribution in [0.25, 0.3) is 0 Å². The molecule has 24 heavy (non-hydrogen) atoms. The van der Waals surface area contributed by atoms with Crippen LogP contribution >= 0.6 is 0 Å². The van der Waals surface area contributed by atoms with Gasteiger partial charge in [-0.05, 0) is 62.2 Å². The molecule has 3 saturated carbocycles. The van der Waals surface area contributed by atoms with Crippen LogP contribution in [0, 0.1) is 39.9 Å². The Hall–Kier alpha value is -0.830. The number of aliphatic hydroxyl groups excluding tert-OH is 1. The van der Waals surface area contributed by atoms with Crippen molar-refractivity contribution in [1.82, 2.24) is 0 Å². The fraction of sp³-hybridized carbons (Fsp3) is 0.857. The zero-order valence-electron chi connectivity index (χ0n) is 15.2. The van der Waals surface area contributed by atoms with Crippen LogP contribution in [0.1, 0.15) is 59.3 Å². The number of carbonyl (C=O) groups is 1. The molecular weight excluding hydrogens is 300 g/mol. The van der Waals surface area contributed by atoms with Gasteiger partial charge in [-0.2, -0.15) is 0 Å². The lowest BCUT2D eigenvalue weighted by Gasteiger charge is -2.64.